The highest BCUT2D eigenvalue weighted by atomic mass is 32.2. The average molecular weight is 481 g/mol. The maximum absolute atomic E-state index is 12.5. The van der Waals surface area contributed by atoms with Crippen molar-refractivity contribution in [2.24, 2.45) is 0 Å². The molecule has 3 aromatic rings. The average Bonchev–Trinajstić information content (AvgIpc) is 2.81. The van der Waals surface area contributed by atoms with Gasteiger partial charge in [0.1, 0.15) is 5.75 Å². The zero-order valence-corrected chi connectivity index (χ0v) is 20.9. The van der Waals surface area contributed by atoms with Gasteiger partial charge in [-0.3, -0.25) is 4.79 Å². The van der Waals surface area contributed by atoms with Crippen LogP contribution in [-0.4, -0.2) is 27.5 Å². The second-order valence-corrected chi connectivity index (χ2v) is 10.2. The first kappa shape index (κ1) is 25.5. The van der Waals surface area contributed by atoms with Crippen LogP contribution in [0.1, 0.15) is 40.8 Å². The summed E-state index contributed by atoms with van der Waals surface area (Å²) in [7, 11) is -3.62. The molecule has 0 aliphatic heterocycles. The summed E-state index contributed by atoms with van der Waals surface area (Å²) in [6.07, 6.45) is 0.608. The van der Waals surface area contributed by atoms with Crippen LogP contribution in [0.15, 0.2) is 71.6 Å². The van der Waals surface area contributed by atoms with Gasteiger partial charge in [0.25, 0.3) is 5.91 Å². The lowest BCUT2D eigenvalue weighted by Gasteiger charge is -2.18. The first-order chi connectivity index (χ1) is 16.2. The van der Waals surface area contributed by atoms with Crippen LogP contribution >= 0.6 is 0 Å². The molecule has 0 fully saturated rings. The third-order valence-corrected chi connectivity index (χ3v) is 7.26. The molecule has 0 unspecified atom stereocenters. The molecule has 1 atom stereocenters. The van der Waals surface area contributed by atoms with Crippen molar-refractivity contribution in [3.05, 3.63) is 94.5 Å². The van der Waals surface area contributed by atoms with Gasteiger partial charge in [-0.2, -0.15) is 0 Å². The van der Waals surface area contributed by atoms with E-state index in [1.165, 1.54) is 23.3 Å². The fourth-order valence-electron chi connectivity index (χ4n) is 3.73. The van der Waals surface area contributed by atoms with Crippen molar-refractivity contribution in [2.45, 2.75) is 45.1 Å². The summed E-state index contributed by atoms with van der Waals surface area (Å²) < 4.78 is 33.2. The molecule has 0 aliphatic carbocycles. The van der Waals surface area contributed by atoms with Crippen LogP contribution in [0, 0.1) is 20.8 Å². The van der Waals surface area contributed by atoms with Crippen molar-refractivity contribution in [1.29, 1.82) is 0 Å². The molecule has 3 aromatic carbocycles. The molecule has 34 heavy (non-hydrogen) atoms. The molecule has 3 rings (SSSR count). The smallest absolute Gasteiger partial charge is 0.258 e. The Bertz CT molecular complexity index is 1220. The maximum Gasteiger partial charge on any atom is 0.258 e. The zero-order chi connectivity index (χ0) is 24.7. The minimum atomic E-state index is -3.62. The van der Waals surface area contributed by atoms with Crippen molar-refractivity contribution in [3.8, 4) is 5.75 Å². The van der Waals surface area contributed by atoms with Gasteiger partial charge in [0.2, 0.25) is 10.0 Å². The van der Waals surface area contributed by atoms with Crippen molar-refractivity contribution < 1.29 is 17.9 Å². The molecule has 0 bridgehead atoms. The monoisotopic (exact) mass is 480 g/mol. The number of rotatable bonds is 10. The largest absolute Gasteiger partial charge is 0.484 e. The standard InChI is InChI=1S/C27H32N2O4S/c1-19-16-21(3)26(17-20(19)2)22(4)29-27(30)18-33-24-10-12-25(13-11-24)34(31,32)28-15-14-23-8-6-5-7-9-23/h5-13,16-17,22,28H,14-15,18H2,1-4H3,(H,29,30)/t22-/m1/s1. The summed E-state index contributed by atoms with van der Waals surface area (Å²) in [5, 5.41) is 2.96. The fourth-order valence-corrected chi connectivity index (χ4v) is 4.76. The van der Waals surface area contributed by atoms with Gasteiger partial charge in [-0.05, 0) is 86.2 Å². The molecule has 0 spiro atoms. The van der Waals surface area contributed by atoms with E-state index in [-0.39, 0.29) is 23.5 Å². The molecule has 7 heteroatoms. The van der Waals surface area contributed by atoms with Gasteiger partial charge in [0, 0.05) is 6.54 Å². The molecular formula is C27H32N2O4S. The lowest BCUT2D eigenvalue weighted by molar-refractivity contribution is -0.123. The molecular weight excluding hydrogens is 448 g/mol. The number of hydrogen-bond acceptors (Lipinski definition) is 4. The van der Waals surface area contributed by atoms with Crippen molar-refractivity contribution in [2.75, 3.05) is 13.2 Å². The molecule has 0 aromatic heterocycles. The number of hydrogen-bond donors (Lipinski definition) is 2. The van der Waals surface area contributed by atoms with Gasteiger partial charge in [0.05, 0.1) is 10.9 Å². The van der Waals surface area contributed by atoms with Crippen LogP contribution in [0.5, 0.6) is 5.75 Å². The van der Waals surface area contributed by atoms with Crippen molar-refractivity contribution in [3.63, 3.8) is 0 Å². The van der Waals surface area contributed by atoms with Gasteiger partial charge >= 0.3 is 0 Å². The summed E-state index contributed by atoms with van der Waals surface area (Å²) in [4.78, 5) is 12.5. The topological polar surface area (TPSA) is 84.5 Å². The highest BCUT2D eigenvalue weighted by Crippen LogP contribution is 2.22. The molecule has 2 N–H and O–H groups in total. The summed E-state index contributed by atoms with van der Waals surface area (Å²) >= 11 is 0. The van der Waals surface area contributed by atoms with E-state index in [0.717, 1.165) is 16.7 Å². The maximum atomic E-state index is 12.5. The van der Waals surface area contributed by atoms with Crippen LogP contribution in [0.25, 0.3) is 0 Å². The highest BCUT2D eigenvalue weighted by Gasteiger charge is 2.15. The zero-order valence-electron chi connectivity index (χ0n) is 20.1. The van der Waals surface area contributed by atoms with E-state index in [9.17, 15) is 13.2 Å². The van der Waals surface area contributed by atoms with Gasteiger partial charge in [-0.25, -0.2) is 13.1 Å². The molecule has 6 nitrogen and oxygen atoms in total. The summed E-state index contributed by atoms with van der Waals surface area (Å²) in [5.41, 5.74) is 5.67. The first-order valence-electron chi connectivity index (χ1n) is 11.3. The predicted molar refractivity (Wildman–Crippen MR) is 134 cm³/mol. The van der Waals surface area contributed by atoms with E-state index in [1.54, 1.807) is 12.1 Å². The van der Waals surface area contributed by atoms with Crippen molar-refractivity contribution >= 4 is 15.9 Å². The van der Waals surface area contributed by atoms with Gasteiger partial charge in [-0.1, -0.05) is 42.5 Å². The third-order valence-electron chi connectivity index (χ3n) is 5.78. The van der Waals surface area contributed by atoms with E-state index < -0.39 is 10.0 Å². The van der Waals surface area contributed by atoms with E-state index >= 15 is 0 Å². The minimum Gasteiger partial charge on any atom is -0.484 e. The van der Waals surface area contributed by atoms with Crippen LogP contribution in [-0.2, 0) is 21.2 Å². The molecule has 1 amide bonds. The quantitative estimate of drug-likeness (QED) is 0.451. The Morgan fingerprint density at radius 1 is 0.912 bits per heavy atom. The first-order valence-corrected chi connectivity index (χ1v) is 12.8. The van der Waals surface area contributed by atoms with Crippen LogP contribution in [0.2, 0.25) is 0 Å². The minimum absolute atomic E-state index is 0.148. The number of carbonyl (C=O) groups is 1. The van der Waals surface area contributed by atoms with E-state index in [1.807, 2.05) is 44.2 Å². The van der Waals surface area contributed by atoms with E-state index in [0.29, 0.717) is 18.7 Å². The Kier molecular flexibility index (Phi) is 8.47. The second kappa shape index (κ2) is 11.3. The lowest BCUT2D eigenvalue weighted by atomic mass is 9.96. The lowest BCUT2D eigenvalue weighted by Crippen LogP contribution is -2.31. The molecule has 180 valence electrons. The van der Waals surface area contributed by atoms with E-state index in [4.69, 9.17) is 4.74 Å². The van der Waals surface area contributed by atoms with Crippen LogP contribution in [0.3, 0.4) is 0 Å². The SMILES string of the molecule is Cc1cc(C)c([C@@H](C)NC(=O)COc2ccc(S(=O)(=O)NCCc3ccccc3)cc2)cc1C. The summed E-state index contributed by atoms with van der Waals surface area (Å²) in [6.45, 7) is 8.25. The number of nitrogens with one attached hydrogen (secondary N) is 2. The highest BCUT2D eigenvalue weighted by molar-refractivity contribution is 7.89. The molecule has 0 saturated heterocycles. The predicted octanol–water partition coefficient (Wildman–Crippen LogP) is 4.39. The van der Waals surface area contributed by atoms with Gasteiger partial charge in [0.15, 0.2) is 6.61 Å². The molecule has 0 aliphatic rings. The summed E-state index contributed by atoms with van der Waals surface area (Å²) in [6, 6.07) is 19.8. The Labute approximate surface area is 202 Å². The Hall–Kier alpha value is -3.16. The number of carbonyl (C=O) groups excluding carboxylic acids is 1. The van der Waals surface area contributed by atoms with E-state index in [2.05, 4.69) is 36.0 Å². The van der Waals surface area contributed by atoms with Crippen LogP contribution < -0.4 is 14.8 Å². The number of benzene rings is 3. The normalized spacial score (nSPS) is 12.2. The third kappa shape index (κ3) is 6.92. The van der Waals surface area contributed by atoms with Crippen LogP contribution in [0.4, 0.5) is 0 Å². The Balaban J connectivity index is 1.50. The van der Waals surface area contributed by atoms with Gasteiger partial charge in [-0.15, -0.1) is 0 Å². The Morgan fingerprint density at radius 2 is 1.56 bits per heavy atom. The van der Waals surface area contributed by atoms with Gasteiger partial charge < -0.3 is 10.1 Å². The molecule has 0 saturated carbocycles. The number of amides is 1. The second-order valence-electron chi connectivity index (χ2n) is 8.48. The molecule has 0 heterocycles. The molecule has 0 radical (unpaired) electrons. The number of sulfonamides is 1. The number of ether oxygens (including phenoxy) is 1. The summed E-state index contributed by atoms with van der Waals surface area (Å²) in [5.74, 6) is 0.179. The fraction of sp³-hybridized carbons (Fsp3) is 0.296. The Morgan fingerprint density at radius 3 is 2.24 bits per heavy atom. The number of aryl methyl sites for hydroxylation is 3. The van der Waals surface area contributed by atoms with Crippen molar-refractivity contribution in [1.82, 2.24) is 10.0 Å².